The summed E-state index contributed by atoms with van der Waals surface area (Å²) < 4.78 is 0. The molecule has 2 rings (SSSR count). The molecular weight excluding hydrogens is 258 g/mol. The molecule has 19 heavy (non-hydrogen) atoms. The van der Waals surface area contributed by atoms with Crippen LogP contribution in [0.5, 0.6) is 0 Å². The third-order valence-electron chi connectivity index (χ3n) is 2.97. The van der Waals surface area contributed by atoms with E-state index >= 15 is 0 Å². The number of nitrogens with one attached hydrogen (secondary N) is 1. The Morgan fingerprint density at radius 2 is 1.89 bits per heavy atom. The molecule has 0 saturated heterocycles. The van der Waals surface area contributed by atoms with E-state index in [1.807, 2.05) is 32.3 Å². The van der Waals surface area contributed by atoms with Crippen LogP contribution in [-0.2, 0) is 13.1 Å². The average Bonchev–Trinajstić information content (AvgIpc) is 2.40. The molecule has 0 fully saturated rings. The third kappa shape index (κ3) is 3.69. The van der Waals surface area contributed by atoms with Crippen LogP contribution in [0.4, 0.5) is 5.69 Å². The van der Waals surface area contributed by atoms with Crippen molar-refractivity contribution in [3.63, 3.8) is 0 Å². The molecule has 2 aromatic rings. The highest BCUT2D eigenvalue weighted by atomic mass is 35.5. The molecule has 0 aliphatic rings. The first kappa shape index (κ1) is 13.8. The third-order valence-corrected chi connectivity index (χ3v) is 3.28. The zero-order valence-electron chi connectivity index (χ0n) is 11.2. The average molecular weight is 276 g/mol. The van der Waals surface area contributed by atoms with Crippen LogP contribution < -0.4 is 10.2 Å². The highest BCUT2D eigenvalue weighted by molar-refractivity contribution is 6.33. The molecule has 0 aliphatic heterocycles. The molecule has 4 heteroatoms. The van der Waals surface area contributed by atoms with Gasteiger partial charge in [0.15, 0.2) is 0 Å². The predicted molar refractivity (Wildman–Crippen MR) is 80.6 cm³/mol. The van der Waals surface area contributed by atoms with Gasteiger partial charge < -0.3 is 10.2 Å². The summed E-state index contributed by atoms with van der Waals surface area (Å²) in [6, 6.07) is 10.2. The van der Waals surface area contributed by atoms with E-state index in [0.29, 0.717) is 0 Å². The van der Waals surface area contributed by atoms with Crippen LogP contribution in [0.2, 0.25) is 5.02 Å². The molecular formula is C15H18ClN3. The van der Waals surface area contributed by atoms with Crippen LogP contribution in [0.1, 0.15) is 11.1 Å². The topological polar surface area (TPSA) is 28.2 Å². The zero-order valence-corrected chi connectivity index (χ0v) is 12.0. The largest absolute Gasteiger partial charge is 0.369 e. The summed E-state index contributed by atoms with van der Waals surface area (Å²) in [5.41, 5.74) is 3.44. The number of aromatic nitrogens is 1. The molecule has 0 spiro atoms. The lowest BCUT2D eigenvalue weighted by atomic mass is 10.2. The molecule has 0 saturated carbocycles. The second-order valence-corrected chi connectivity index (χ2v) is 4.93. The molecule has 1 heterocycles. The highest BCUT2D eigenvalue weighted by Crippen LogP contribution is 2.27. The van der Waals surface area contributed by atoms with Gasteiger partial charge in [-0.15, -0.1) is 0 Å². The fraction of sp³-hybridized carbons (Fsp3) is 0.267. The van der Waals surface area contributed by atoms with Crippen LogP contribution in [0.3, 0.4) is 0 Å². The molecule has 1 aromatic carbocycles. The van der Waals surface area contributed by atoms with E-state index in [1.165, 1.54) is 11.1 Å². The van der Waals surface area contributed by atoms with Crippen LogP contribution >= 0.6 is 11.6 Å². The normalized spacial score (nSPS) is 10.5. The van der Waals surface area contributed by atoms with E-state index in [-0.39, 0.29) is 0 Å². The number of anilines is 1. The minimum absolute atomic E-state index is 0.782. The first-order valence-electron chi connectivity index (χ1n) is 6.24. The molecule has 0 aliphatic carbocycles. The molecule has 0 bridgehead atoms. The van der Waals surface area contributed by atoms with Gasteiger partial charge in [-0.3, -0.25) is 4.98 Å². The summed E-state index contributed by atoms with van der Waals surface area (Å²) in [5.74, 6) is 0. The molecule has 1 N–H and O–H groups in total. The van der Waals surface area contributed by atoms with Gasteiger partial charge in [0, 0.05) is 32.5 Å². The first-order chi connectivity index (χ1) is 9.20. The Balaban J connectivity index is 2.13. The minimum Gasteiger partial charge on any atom is -0.369 e. The summed E-state index contributed by atoms with van der Waals surface area (Å²) >= 11 is 6.34. The van der Waals surface area contributed by atoms with Gasteiger partial charge in [-0.05, 0) is 42.4 Å². The number of rotatable bonds is 5. The van der Waals surface area contributed by atoms with Crippen LogP contribution in [0, 0.1) is 0 Å². The lowest BCUT2D eigenvalue weighted by Gasteiger charge is -2.21. The zero-order chi connectivity index (χ0) is 13.7. The van der Waals surface area contributed by atoms with Gasteiger partial charge >= 0.3 is 0 Å². The van der Waals surface area contributed by atoms with Crippen molar-refractivity contribution in [2.75, 3.05) is 19.0 Å². The van der Waals surface area contributed by atoms with Crippen molar-refractivity contribution in [3.05, 3.63) is 58.9 Å². The van der Waals surface area contributed by atoms with Crippen molar-refractivity contribution >= 4 is 17.3 Å². The van der Waals surface area contributed by atoms with Crippen LogP contribution in [0.25, 0.3) is 0 Å². The van der Waals surface area contributed by atoms with Crippen LogP contribution in [0.15, 0.2) is 42.7 Å². The molecule has 0 amide bonds. The lowest BCUT2D eigenvalue weighted by molar-refractivity contribution is 0.817. The van der Waals surface area contributed by atoms with Crippen molar-refractivity contribution in [2.45, 2.75) is 13.1 Å². The summed E-state index contributed by atoms with van der Waals surface area (Å²) in [6.45, 7) is 1.64. The van der Waals surface area contributed by atoms with Crippen molar-refractivity contribution in [1.29, 1.82) is 0 Å². The summed E-state index contributed by atoms with van der Waals surface area (Å²) in [4.78, 5) is 6.16. The van der Waals surface area contributed by atoms with E-state index in [2.05, 4.69) is 27.3 Å². The van der Waals surface area contributed by atoms with Gasteiger partial charge in [0.1, 0.15) is 0 Å². The Hall–Kier alpha value is -1.58. The molecule has 3 nitrogen and oxygen atoms in total. The summed E-state index contributed by atoms with van der Waals surface area (Å²) in [5, 5.41) is 3.90. The quantitative estimate of drug-likeness (QED) is 0.909. The second kappa shape index (κ2) is 6.55. The van der Waals surface area contributed by atoms with E-state index in [9.17, 15) is 0 Å². The van der Waals surface area contributed by atoms with Crippen molar-refractivity contribution in [1.82, 2.24) is 10.3 Å². The van der Waals surface area contributed by atoms with Gasteiger partial charge in [0.25, 0.3) is 0 Å². The van der Waals surface area contributed by atoms with E-state index in [1.54, 1.807) is 12.4 Å². The molecule has 0 atom stereocenters. The highest BCUT2D eigenvalue weighted by Gasteiger charge is 2.07. The maximum absolute atomic E-state index is 6.34. The number of benzene rings is 1. The number of hydrogen-bond acceptors (Lipinski definition) is 3. The molecule has 0 radical (unpaired) electrons. The summed E-state index contributed by atoms with van der Waals surface area (Å²) in [6.07, 6.45) is 3.61. The van der Waals surface area contributed by atoms with Gasteiger partial charge in [0.05, 0.1) is 10.7 Å². The maximum Gasteiger partial charge on any atom is 0.0642 e. The van der Waals surface area contributed by atoms with Crippen molar-refractivity contribution in [3.8, 4) is 0 Å². The standard InChI is InChI=1S/C15H18ClN3/c1-17-10-13-3-4-15(14(16)9-13)19(2)11-12-5-7-18-8-6-12/h3-9,17H,10-11H2,1-2H3. The van der Waals surface area contributed by atoms with E-state index in [0.717, 1.165) is 23.8 Å². The lowest BCUT2D eigenvalue weighted by Crippen LogP contribution is -2.17. The first-order valence-corrected chi connectivity index (χ1v) is 6.61. The Morgan fingerprint density at radius 3 is 2.53 bits per heavy atom. The smallest absolute Gasteiger partial charge is 0.0642 e. The number of hydrogen-bond donors (Lipinski definition) is 1. The predicted octanol–water partition coefficient (Wildman–Crippen LogP) is 3.09. The van der Waals surface area contributed by atoms with Gasteiger partial charge in [-0.1, -0.05) is 17.7 Å². The van der Waals surface area contributed by atoms with Crippen molar-refractivity contribution in [2.24, 2.45) is 0 Å². The molecule has 0 unspecified atom stereocenters. The van der Waals surface area contributed by atoms with Crippen LogP contribution in [-0.4, -0.2) is 19.1 Å². The summed E-state index contributed by atoms with van der Waals surface area (Å²) in [7, 11) is 3.97. The maximum atomic E-state index is 6.34. The van der Waals surface area contributed by atoms with Gasteiger partial charge in [0.2, 0.25) is 0 Å². The van der Waals surface area contributed by atoms with Crippen molar-refractivity contribution < 1.29 is 0 Å². The molecule has 100 valence electrons. The second-order valence-electron chi connectivity index (χ2n) is 4.53. The molecule has 1 aromatic heterocycles. The monoisotopic (exact) mass is 275 g/mol. The fourth-order valence-corrected chi connectivity index (χ4v) is 2.37. The number of halogens is 1. The minimum atomic E-state index is 0.782. The SMILES string of the molecule is CNCc1ccc(N(C)Cc2ccncc2)c(Cl)c1. The Labute approximate surface area is 119 Å². The number of pyridine rings is 1. The van der Waals surface area contributed by atoms with E-state index in [4.69, 9.17) is 11.6 Å². The van der Waals surface area contributed by atoms with E-state index < -0.39 is 0 Å². The van der Waals surface area contributed by atoms with Gasteiger partial charge in [-0.25, -0.2) is 0 Å². The number of nitrogens with zero attached hydrogens (tertiary/aromatic N) is 2. The Bertz CT molecular complexity index is 528. The Kier molecular flexibility index (Phi) is 4.77. The van der Waals surface area contributed by atoms with Gasteiger partial charge in [-0.2, -0.15) is 0 Å². The fourth-order valence-electron chi connectivity index (χ4n) is 2.02. The Morgan fingerprint density at radius 1 is 1.16 bits per heavy atom.